The van der Waals surface area contributed by atoms with Gasteiger partial charge in [0.15, 0.2) is 0 Å². The van der Waals surface area contributed by atoms with E-state index in [4.69, 9.17) is 4.18 Å². The summed E-state index contributed by atoms with van der Waals surface area (Å²) in [6.45, 7) is 6.95. The van der Waals surface area contributed by atoms with Crippen LogP contribution in [0.1, 0.15) is 12.0 Å². The maximum Gasteiger partial charge on any atom is 0.296 e. The van der Waals surface area contributed by atoms with Gasteiger partial charge in [0.1, 0.15) is 0 Å². The van der Waals surface area contributed by atoms with E-state index in [1.165, 1.54) is 5.69 Å². The molecule has 3 rings (SSSR count). The molecule has 1 fully saturated rings. The van der Waals surface area contributed by atoms with E-state index >= 15 is 0 Å². The van der Waals surface area contributed by atoms with Crippen molar-refractivity contribution in [2.75, 3.05) is 44.2 Å². The summed E-state index contributed by atoms with van der Waals surface area (Å²) in [5.41, 5.74) is 2.29. The van der Waals surface area contributed by atoms with Crippen LogP contribution in [0.25, 0.3) is 0 Å². The minimum Gasteiger partial charge on any atom is -0.369 e. The molecule has 6 heteroatoms. The summed E-state index contributed by atoms with van der Waals surface area (Å²) in [5, 5.41) is 0. The van der Waals surface area contributed by atoms with Crippen LogP contribution in [-0.2, 0) is 14.3 Å². The summed E-state index contributed by atoms with van der Waals surface area (Å²) in [6.07, 6.45) is 0.705. The second-order valence-corrected chi connectivity index (χ2v) is 8.22. The first-order valence-corrected chi connectivity index (χ1v) is 10.4. The molecule has 0 saturated carbocycles. The van der Waals surface area contributed by atoms with E-state index in [2.05, 4.69) is 34.1 Å². The van der Waals surface area contributed by atoms with Crippen molar-refractivity contribution in [2.24, 2.45) is 0 Å². The third-order valence-electron chi connectivity index (χ3n) is 4.66. The molecular weight excluding hydrogens is 348 g/mol. The Balaban J connectivity index is 1.39. The molecule has 1 aliphatic heterocycles. The van der Waals surface area contributed by atoms with Crippen molar-refractivity contribution in [1.29, 1.82) is 0 Å². The summed E-state index contributed by atoms with van der Waals surface area (Å²) in [4.78, 5) is 4.97. The van der Waals surface area contributed by atoms with Crippen molar-refractivity contribution < 1.29 is 12.6 Å². The van der Waals surface area contributed by atoms with Crippen molar-refractivity contribution in [3.63, 3.8) is 0 Å². The molecule has 1 saturated heterocycles. The molecule has 0 atom stereocenters. The van der Waals surface area contributed by atoms with Gasteiger partial charge in [0, 0.05) is 38.4 Å². The van der Waals surface area contributed by atoms with Crippen LogP contribution in [0.4, 0.5) is 5.69 Å². The maximum absolute atomic E-state index is 12.2. The van der Waals surface area contributed by atoms with Gasteiger partial charge in [-0.3, -0.25) is 9.08 Å². The summed E-state index contributed by atoms with van der Waals surface area (Å²) < 4.78 is 29.5. The second kappa shape index (κ2) is 8.66. The Kier molecular flexibility index (Phi) is 6.29. The zero-order valence-electron chi connectivity index (χ0n) is 15.2. The number of hydrogen-bond donors (Lipinski definition) is 0. The minimum atomic E-state index is -3.65. The van der Waals surface area contributed by atoms with Gasteiger partial charge in [-0.15, -0.1) is 0 Å². The fraction of sp³-hybridized carbons (Fsp3) is 0.400. The van der Waals surface area contributed by atoms with Crippen LogP contribution < -0.4 is 4.90 Å². The zero-order chi connectivity index (χ0) is 18.4. The van der Waals surface area contributed by atoms with Gasteiger partial charge in [-0.1, -0.05) is 35.9 Å². The summed E-state index contributed by atoms with van der Waals surface area (Å²) >= 11 is 0. The summed E-state index contributed by atoms with van der Waals surface area (Å²) in [6, 6.07) is 17.2. The number of hydrogen-bond acceptors (Lipinski definition) is 5. The fourth-order valence-electron chi connectivity index (χ4n) is 3.10. The van der Waals surface area contributed by atoms with Gasteiger partial charge in [-0.25, -0.2) is 0 Å². The lowest BCUT2D eigenvalue weighted by molar-refractivity contribution is 0.227. The molecule has 0 spiro atoms. The molecule has 0 unspecified atom stereocenters. The van der Waals surface area contributed by atoms with Crippen LogP contribution in [0.2, 0.25) is 0 Å². The molecule has 2 aromatic carbocycles. The molecular formula is C20H26N2O3S. The third-order valence-corrected chi connectivity index (χ3v) is 5.99. The van der Waals surface area contributed by atoms with Crippen LogP contribution in [0, 0.1) is 6.92 Å². The second-order valence-electron chi connectivity index (χ2n) is 6.61. The van der Waals surface area contributed by atoms with Crippen LogP contribution >= 0.6 is 0 Å². The molecule has 0 N–H and O–H groups in total. The topological polar surface area (TPSA) is 49.9 Å². The monoisotopic (exact) mass is 374 g/mol. The molecule has 5 nitrogen and oxygen atoms in total. The fourth-order valence-corrected chi connectivity index (χ4v) is 4.04. The number of rotatable bonds is 7. The molecule has 26 heavy (non-hydrogen) atoms. The van der Waals surface area contributed by atoms with Gasteiger partial charge < -0.3 is 4.90 Å². The standard InChI is InChI=1S/C20H26N2O3S/c1-18-8-10-20(11-9-18)26(23,24)25-17-5-12-21-13-15-22(16-14-21)19-6-3-2-4-7-19/h2-4,6-11H,5,12-17H2,1H3. The molecule has 0 amide bonds. The third kappa shape index (κ3) is 5.06. The lowest BCUT2D eigenvalue weighted by atomic mass is 10.2. The Bertz CT molecular complexity index is 784. The van der Waals surface area contributed by atoms with E-state index < -0.39 is 10.1 Å². The molecule has 140 valence electrons. The van der Waals surface area contributed by atoms with E-state index in [1.807, 2.05) is 13.0 Å². The van der Waals surface area contributed by atoms with Gasteiger partial charge in [0.25, 0.3) is 10.1 Å². The summed E-state index contributed by atoms with van der Waals surface area (Å²) in [5.74, 6) is 0. The normalized spacial score (nSPS) is 16.0. The highest BCUT2D eigenvalue weighted by molar-refractivity contribution is 7.86. The molecule has 0 aromatic heterocycles. The minimum absolute atomic E-state index is 0.217. The van der Waals surface area contributed by atoms with E-state index in [1.54, 1.807) is 24.3 Å². The number of nitrogens with zero attached hydrogens (tertiary/aromatic N) is 2. The Morgan fingerprint density at radius 3 is 2.23 bits per heavy atom. The Hall–Kier alpha value is -1.89. The van der Waals surface area contributed by atoms with E-state index in [9.17, 15) is 8.42 Å². The van der Waals surface area contributed by atoms with Gasteiger partial charge in [0.05, 0.1) is 11.5 Å². The lowest BCUT2D eigenvalue weighted by Crippen LogP contribution is -2.46. The SMILES string of the molecule is Cc1ccc(S(=O)(=O)OCCCN2CCN(c3ccccc3)CC2)cc1. The van der Waals surface area contributed by atoms with Gasteiger partial charge >= 0.3 is 0 Å². The van der Waals surface area contributed by atoms with E-state index in [0.29, 0.717) is 6.42 Å². The van der Waals surface area contributed by atoms with Crippen LogP contribution in [0.3, 0.4) is 0 Å². The average molecular weight is 375 g/mol. The number of para-hydroxylation sites is 1. The smallest absolute Gasteiger partial charge is 0.296 e. The predicted octanol–water partition coefficient (Wildman–Crippen LogP) is 2.91. The van der Waals surface area contributed by atoms with Crippen molar-refractivity contribution in [2.45, 2.75) is 18.2 Å². The number of piperazine rings is 1. The van der Waals surface area contributed by atoms with Gasteiger partial charge in [-0.05, 0) is 37.6 Å². The number of anilines is 1. The first kappa shape index (κ1) is 18.9. The van der Waals surface area contributed by atoms with Crippen molar-refractivity contribution >= 4 is 15.8 Å². The highest BCUT2D eigenvalue weighted by atomic mass is 32.2. The van der Waals surface area contributed by atoms with Crippen LogP contribution in [0.15, 0.2) is 59.5 Å². The molecule has 0 bridgehead atoms. The van der Waals surface area contributed by atoms with Gasteiger partial charge in [-0.2, -0.15) is 8.42 Å². The molecule has 0 radical (unpaired) electrons. The quantitative estimate of drug-likeness (QED) is 0.551. The molecule has 0 aliphatic carbocycles. The Labute approximate surface area is 156 Å². The molecule has 1 aliphatic rings. The van der Waals surface area contributed by atoms with Crippen molar-refractivity contribution in [1.82, 2.24) is 4.90 Å². The highest BCUT2D eigenvalue weighted by Crippen LogP contribution is 2.16. The van der Waals surface area contributed by atoms with Crippen molar-refractivity contribution in [3.05, 3.63) is 60.2 Å². The van der Waals surface area contributed by atoms with Crippen LogP contribution in [0.5, 0.6) is 0 Å². The highest BCUT2D eigenvalue weighted by Gasteiger charge is 2.18. The largest absolute Gasteiger partial charge is 0.369 e. The average Bonchev–Trinajstić information content (AvgIpc) is 2.67. The molecule has 1 heterocycles. The van der Waals surface area contributed by atoms with Crippen LogP contribution in [-0.4, -0.2) is 52.6 Å². The van der Waals surface area contributed by atoms with Crippen molar-refractivity contribution in [3.8, 4) is 0 Å². The summed E-state index contributed by atoms with van der Waals surface area (Å²) in [7, 11) is -3.65. The van der Waals surface area contributed by atoms with Gasteiger partial charge in [0.2, 0.25) is 0 Å². The zero-order valence-corrected chi connectivity index (χ0v) is 16.0. The first-order valence-electron chi connectivity index (χ1n) is 9.03. The number of aryl methyl sites for hydroxylation is 1. The first-order chi connectivity index (χ1) is 12.5. The number of benzene rings is 2. The lowest BCUT2D eigenvalue weighted by Gasteiger charge is -2.36. The Morgan fingerprint density at radius 1 is 0.923 bits per heavy atom. The maximum atomic E-state index is 12.2. The predicted molar refractivity (Wildman–Crippen MR) is 104 cm³/mol. The van der Waals surface area contributed by atoms with E-state index in [0.717, 1.165) is 38.3 Å². The van der Waals surface area contributed by atoms with E-state index in [-0.39, 0.29) is 11.5 Å². The Morgan fingerprint density at radius 2 is 1.58 bits per heavy atom. The molecule has 2 aromatic rings.